The fraction of sp³-hybridized carbons (Fsp3) is 0.385. The average molecular weight is 565 g/mol. The summed E-state index contributed by atoms with van der Waals surface area (Å²) < 4.78 is 59.8. The summed E-state index contributed by atoms with van der Waals surface area (Å²) in [6.07, 6.45) is -7.30. The number of nitrogens with zero attached hydrogens (tertiary/aromatic N) is 4. The van der Waals surface area contributed by atoms with Crippen LogP contribution in [0.5, 0.6) is 5.75 Å². The Morgan fingerprint density at radius 1 is 1.13 bits per heavy atom. The third-order valence-electron chi connectivity index (χ3n) is 7.00. The summed E-state index contributed by atoms with van der Waals surface area (Å²) in [5, 5.41) is 7.56. The number of aromatic nitrogens is 3. The molecular weight excluding hydrogens is 541 g/mol. The first-order valence-electron chi connectivity index (χ1n) is 12.0. The second-order valence-electron chi connectivity index (χ2n) is 9.32. The Kier molecular flexibility index (Phi) is 7.02. The topological polar surface area (TPSA) is 95.8 Å². The molecule has 2 aromatic carbocycles. The minimum atomic E-state index is -4.84. The van der Waals surface area contributed by atoms with Crippen LogP contribution < -0.4 is 4.74 Å². The first-order valence-corrected chi connectivity index (χ1v) is 12.4. The number of halogens is 4. The van der Waals surface area contributed by atoms with E-state index in [4.69, 9.17) is 25.8 Å². The van der Waals surface area contributed by atoms with E-state index in [1.54, 1.807) is 25.1 Å². The van der Waals surface area contributed by atoms with Crippen LogP contribution in [0.15, 0.2) is 36.4 Å². The number of carbonyl (C=O) groups is 2. The van der Waals surface area contributed by atoms with E-state index in [1.165, 1.54) is 37.3 Å². The number of hydrogen-bond donors (Lipinski definition) is 0. The van der Waals surface area contributed by atoms with Gasteiger partial charge >= 0.3 is 12.1 Å². The molecule has 0 spiro atoms. The van der Waals surface area contributed by atoms with E-state index in [2.05, 4.69) is 10.2 Å². The van der Waals surface area contributed by atoms with Gasteiger partial charge in [-0.1, -0.05) is 23.7 Å². The van der Waals surface area contributed by atoms with Crippen LogP contribution in [0, 0.1) is 12.8 Å². The SMILES string of the molecule is COC(=O)C1CN(C(=O)C[C@H]2O[C@H](c3cccc(OC)c3C)c3cc(Cl)ccc3-n3c2nnc3C(F)(F)F)C1. The maximum Gasteiger partial charge on any atom is 0.452 e. The van der Waals surface area contributed by atoms with Crippen LogP contribution >= 0.6 is 11.6 Å². The van der Waals surface area contributed by atoms with Crippen molar-refractivity contribution < 1.29 is 37.0 Å². The lowest BCUT2D eigenvalue weighted by molar-refractivity contribution is -0.156. The van der Waals surface area contributed by atoms with Crippen molar-refractivity contribution in [2.24, 2.45) is 5.92 Å². The van der Waals surface area contributed by atoms with Gasteiger partial charge in [0.25, 0.3) is 0 Å². The lowest BCUT2D eigenvalue weighted by atomic mass is 9.95. The molecule has 2 aliphatic rings. The second-order valence-corrected chi connectivity index (χ2v) is 9.76. The molecule has 5 rings (SSSR count). The summed E-state index contributed by atoms with van der Waals surface area (Å²) in [4.78, 5) is 26.4. The molecule has 0 aliphatic carbocycles. The predicted molar refractivity (Wildman–Crippen MR) is 131 cm³/mol. The number of benzene rings is 2. The van der Waals surface area contributed by atoms with Crippen LogP contribution in [0.2, 0.25) is 5.02 Å². The zero-order chi connectivity index (χ0) is 28.1. The molecule has 206 valence electrons. The highest BCUT2D eigenvalue weighted by atomic mass is 35.5. The number of methoxy groups -OCH3 is 2. The Labute approximate surface area is 226 Å². The van der Waals surface area contributed by atoms with Gasteiger partial charge in [0.15, 0.2) is 5.82 Å². The Morgan fingerprint density at radius 2 is 1.87 bits per heavy atom. The number of fused-ring (bicyclic) bond motifs is 3. The van der Waals surface area contributed by atoms with Crippen molar-refractivity contribution in [3.05, 3.63) is 69.8 Å². The van der Waals surface area contributed by atoms with Crippen LogP contribution in [0.1, 0.15) is 47.0 Å². The van der Waals surface area contributed by atoms with Gasteiger partial charge in [-0.2, -0.15) is 13.2 Å². The number of esters is 1. The molecule has 1 saturated heterocycles. The number of amides is 1. The summed E-state index contributed by atoms with van der Waals surface area (Å²) in [6.45, 7) is 2.10. The standard InChI is InChI=1S/C26H24ClF3N4O5/c1-13-16(5-4-6-19(13)37-2)22-17-9-15(27)7-8-18(17)34-23(31-32-25(34)26(28,29)30)20(39-22)10-21(35)33-11-14(12-33)24(36)38-3/h4-9,14,20,22H,10-12H2,1-3H3/t20-,22-/m1/s1. The molecule has 2 aliphatic heterocycles. The zero-order valence-corrected chi connectivity index (χ0v) is 21.9. The highest BCUT2D eigenvalue weighted by Crippen LogP contribution is 2.45. The summed E-state index contributed by atoms with van der Waals surface area (Å²) in [5.41, 5.74) is 1.80. The predicted octanol–water partition coefficient (Wildman–Crippen LogP) is 4.44. The maximum absolute atomic E-state index is 14.1. The molecule has 1 amide bonds. The lowest BCUT2D eigenvalue weighted by Crippen LogP contribution is -2.53. The number of ether oxygens (including phenoxy) is 3. The van der Waals surface area contributed by atoms with E-state index in [-0.39, 0.29) is 36.0 Å². The Morgan fingerprint density at radius 3 is 2.54 bits per heavy atom. The molecule has 9 nitrogen and oxygen atoms in total. The van der Waals surface area contributed by atoms with Gasteiger partial charge in [0.05, 0.1) is 32.2 Å². The fourth-order valence-electron chi connectivity index (χ4n) is 4.97. The Bertz CT molecular complexity index is 1440. The highest BCUT2D eigenvalue weighted by molar-refractivity contribution is 6.30. The van der Waals surface area contributed by atoms with Gasteiger partial charge in [-0.25, -0.2) is 0 Å². The van der Waals surface area contributed by atoms with Crippen molar-refractivity contribution in [2.45, 2.75) is 31.7 Å². The van der Waals surface area contributed by atoms with Crippen molar-refractivity contribution in [1.29, 1.82) is 0 Å². The van der Waals surface area contributed by atoms with Crippen LogP contribution in [0.4, 0.5) is 13.2 Å². The molecule has 13 heteroatoms. The van der Waals surface area contributed by atoms with E-state index in [1.807, 2.05) is 0 Å². The Balaban J connectivity index is 1.62. The molecule has 0 N–H and O–H groups in total. The average Bonchev–Trinajstić information content (AvgIpc) is 3.27. The van der Waals surface area contributed by atoms with E-state index in [0.29, 0.717) is 22.4 Å². The van der Waals surface area contributed by atoms with Crippen LogP contribution in [0.25, 0.3) is 5.69 Å². The number of carbonyl (C=O) groups excluding carboxylic acids is 2. The molecule has 0 saturated carbocycles. The summed E-state index contributed by atoms with van der Waals surface area (Å²) in [5.74, 6) is -2.16. The number of rotatable bonds is 5. The van der Waals surface area contributed by atoms with Crippen LogP contribution in [-0.2, 0) is 25.2 Å². The van der Waals surface area contributed by atoms with Gasteiger partial charge in [-0.05, 0) is 42.3 Å². The molecule has 0 bridgehead atoms. The van der Waals surface area contributed by atoms with E-state index in [0.717, 1.165) is 4.57 Å². The molecule has 3 aromatic rings. The van der Waals surface area contributed by atoms with Crippen LogP contribution in [-0.4, -0.2) is 58.8 Å². The van der Waals surface area contributed by atoms with Gasteiger partial charge in [0, 0.05) is 23.7 Å². The maximum atomic E-state index is 14.1. The Hall–Kier alpha value is -3.64. The van der Waals surface area contributed by atoms with Gasteiger partial charge < -0.3 is 19.1 Å². The summed E-state index contributed by atoms with van der Waals surface area (Å²) in [6, 6.07) is 9.73. The van der Waals surface area contributed by atoms with Crippen molar-refractivity contribution in [2.75, 3.05) is 27.3 Å². The number of hydrogen-bond acceptors (Lipinski definition) is 7. The number of alkyl halides is 3. The monoisotopic (exact) mass is 564 g/mol. The van der Waals surface area contributed by atoms with Crippen LogP contribution in [0.3, 0.4) is 0 Å². The second kappa shape index (κ2) is 10.2. The van der Waals surface area contributed by atoms with Crippen molar-refractivity contribution in [3.8, 4) is 11.4 Å². The van der Waals surface area contributed by atoms with E-state index in [9.17, 15) is 22.8 Å². The molecule has 3 heterocycles. The largest absolute Gasteiger partial charge is 0.496 e. The van der Waals surface area contributed by atoms with E-state index < -0.39 is 42.0 Å². The smallest absolute Gasteiger partial charge is 0.452 e. The summed E-state index contributed by atoms with van der Waals surface area (Å²) >= 11 is 6.31. The normalized spacial score (nSPS) is 19.0. The third kappa shape index (κ3) is 4.82. The molecule has 2 atom stereocenters. The van der Waals surface area contributed by atoms with E-state index >= 15 is 0 Å². The van der Waals surface area contributed by atoms with Crippen molar-refractivity contribution in [1.82, 2.24) is 19.7 Å². The highest BCUT2D eigenvalue weighted by Gasteiger charge is 2.45. The number of likely N-dealkylation sites (tertiary alicyclic amines) is 1. The fourth-order valence-corrected chi connectivity index (χ4v) is 5.15. The van der Waals surface area contributed by atoms with Gasteiger partial charge in [0.2, 0.25) is 11.7 Å². The lowest BCUT2D eigenvalue weighted by Gasteiger charge is -2.38. The molecule has 39 heavy (non-hydrogen) atoms. The first kappa shape index (κ1) is 26.9. The van der Waals surface area contributed by atoms with Gasteiger partial charge in [0.1, 0.15) is 18.0 Å². The van der Waals surface area contributed by atoms with Gasteiger partial charge in [-0.3, -0.25) is 14.2 Å². The summed E-state index contributed by atoms with van der Waals surface area (Å²) in [7, 11) is 2.78. The van der Waals surface area contributed by atoms with Crippen molar-refractivity contribution >= 4 is 23.5 Å². The third-order valence-corrected chi connectivity index (χ3v) is 7.24. The minimum Gasteiger partial charge on any atom is -0.496 e. The molecule has 0 unspecified atom stereocenters. The quantitative estimate of drug-likeness (QED) is 0.423. The van der Waals surface area contributed by atoms with Crippen molar-refractivity contribution in [3.63, 3.8) is 0 Å². The zero-order valence-electron chi connectivity index (χ0n) is 21.2. The minimum absolute atomic E-state index is 0.128. The molecule has 0 radical (unpaired) electrons. The molecule has 1 aromatic heterocycles. The van der Waals surface area contributed by atoms with Gasteiger partial charge in [-0.15, -0.1) is 10.2 Å². The molecule has 1 fully saturated rings. The molecular formula is C26H24ClF3N4O5. The first-order chi connectivity index (χ1) is 18.5.